The SMILES string of the molecule is C.C.C.C.C.C(=C\c1ccc2n[nH]c(/C=C/c3ccccc3)c2c1)/c1ccccc1.CC.C[Si](C)(C)CCOCn1nc(/C=C/c2ccccc2)c2cc(/C=C/c3ccccc3)ccc21.C[Si](C)(C)CCOCn1nc(I)c2cc(I)ccc21.Ic1ccc2[nH]ncc2c1.Ic1ccc2n[nH]c(I)c2c1.Nc1ccc2[nH]ncc2c1.OB(O)/C=C/c1ccccc1. The molecular weight excluding hydrogens is 2160 g/mol. The predicted molar refractivity (Wildman–Crippen MR) is 592 cm³/mol. The number of fused-ring (bicyclic) bond motifs is 6. The molecule has 0 aliphatic heterocycles. The van der Waals surface area contributed by atoms with Crippen molar-refractivity contribution in [2.75, 3.05) is 18.9 Å². The molecule has 0 amide bonds. The van der Waals surface area contributed by atoms with Gasteiger partial charge in [0.05, 0.1) is 56.9 Å². The Morgan fingerprint density at radius 1 is 0.389 bits per heavy atom. The summed E-state index contributed by atoms with van der Waals surface area (Å²) < 4.78 is 21.6. The molecule has 8 N–H and O–H groups in total. The number of rotatable bonds is 20. The zero-order valence-corrected chi connectivity index (χ0v) is 81.6. The Balaban J connectivity index is 0.000000271. The van der Waals surface area contributed by atoms with Gasteiger partial charge in [0.1, 0.15) is 20.9 Å². The maximum Gasteiger partial charge on any atom is 0.480 e. The third kappa shape index (κ3) is 35.8. The molecule has 17 aromatic rings. The second-order valence-electron chi connectivity index (χ2n) is 29.9. The van der Waals surface area contributed by atoms with E-state index in [1.807, 2.05) is 139 Å². The summed E-state index contributed by atoms with van der Waals surface area (Å²) in [4.78, 5) is 0. The van der Waals surface area contributed by atoms with E-state index in [0.717, 1.165) is 115 Å². The van der Waals surface area contributed by atoms with Crippen molar-refractivity contribution in [3.8, 4) is 0 Å². The molecule has 658 valence electrons. The minimum absolute atomic E-state index is 0. The van der Waals surface area contributed by atoms with Gasteiger partial charge < -0.3 is 25.3 Å². The van der Waals surface area contributed by atoms with Gasteiger partial charge in [0, 0.05) is 78.1 Å². The molecule has 0 saturated carbocycles. The van der Waals surface area contributed by atoms with E-state index in [1.165, 1.54) is 55.6 Å². The summed E-state index contributed by atoms with van der Waals surface area (Å²) in [5, 5.41) is 61.4. The third-order valence-corrected chi connectivity index (χ3v) is 25.1. The number of anilines is 1. The van der Waals surface area contributed by atoms with Crippen molar-refractivity contribution >= 4 is 262 Å². The van der Waals surface area contributed by atoms with Crippen molar-refractivity contribution in [3.05, 3.63) is 348 Å². The fraction of sp³-hybridized carbons (Fsp3) is 0.188. The lowest BCUT2D eigenvalue weighted by molar-refractivity contribution is 0.0814. The lowest BCUT2D eigenvalue weighted by Gasteiger charge is -2.15. The van der Waals surface area contributed by atoms with Crippen LogP contribution in [0, 0.1) is 18.1 Å². The second kappa shape index (κ2) is 55.5. The van der Waals surface area contributed by atoms with Crippen LogP contribution in [0.25, 0.3) is 120 Å². The highest BCUT2D eigenvalue weighted by atomic mass is 127. The van der Waals surface area contributed by atoms with Gasteiger partial charge in [-0.15, -0.1) is 0 Å². The molecular formula is C101H119BI5N13O4Si2. The van der Waals surface area contributed by atoms with Gasteiger partial charge in [-0.25, -0.2) is 9.36 Å². The predicted octanol–water partition coefficient (Wildman–Crippen LogP) is 29.2. The fourth-order valence-corrected chi connectivity index (χ4v) is 15.9. The van der Waals surface area contributed by atoms with Crippen molar-refractivity contribution in [3.63, 3.8) is 0 Å². The Bertz CT molecular complexity index is 6110. The molecule has 126 heavy (non-hydrogen) atoms. The normalized spacial score (nSPS) is 10.9. The van der Waals surface area contributed by atoms with Crippen LogP contribution in [0.5, 0.6) is 0 Å². The maximum absolute atomic E-state index is 8.48. The van der Waals surface area contributed by atoms with Crippen LogP contribution in [0.2, 0.25) is 51.4 Å². The Hall–Kier alpha value is -9.27. The van der Waals surface area contributed by atoms with Crippen molar-refractivity contribution < 1.29 is 19.5 Å². The summed E-state index contributed by atoms with van der Waals surface area (Å²) in [6, 6.07) is 90.4. The summed E-state index contributed by atoms with van der Waals surface area (Å²) in [6.45, 7) is 20.8. The molecule has 0 saturated heterocycles. The number of hydrogen-bond acceptors (Lipinski definition) is 11. The van der Waals surface area contributed by atoms with Crippen LogP contribution < -0.4 is 5.73 Å². The van der Waals surface area contributed by atoms with E-state index in [-0.39, 0.29) is 37.1 Å². The van der Waals surface area contributed by atoms with E-state index in [1.54, 1.807) is 12.3 Å². The molecule has 0 radical (unpaired) electrons. The van der Waals surface area contributed by atoms with E-state index in [0.29, 0.717) is 13.5 Å². The van der Waals surface area contributed by atoms with E-state index in [4.69, 9.17) is 30.4 Å². The summed E-state index contributed by atoms with van der Waals surface area (Å²) >= 11 is 11.4. The summed E-state index contributed by atoms with van der Waals surface area (Å²) in [6.07, 6.45) is 22.2. The van der Waals surface area contributed by atoms with E-state index in [9.17, 15) is 0 Å². The average Bonchev–Trinajstić information content (AvgIpc) is 1.63. The number of aromatic amines is 4. The van der Waals surface area contributed by atoms with Crippen molar-refractivity contribution in [2.24, 2.45) is 0 Å². The first-order valence-corrected chi connectivity index (χ1v) is 52.4. The number of nitrogen functional groups attached to an aromatic ring is 1. The smallest absolute Gasteiger partial charge is 0.424 e. The lowest BCUT2D eigenvalue weighted by Crippen LogP contribution is -2.22. The Morgan fingerprint density at radius 3 is 1.29 bits per heavy atom. The third-order valence-electron chi connectivity index (χ3n) is 18.1. The molecule has 0 bridgehead atoms. The van der Waals surface area contributed by atoms with Gasteiger partial charge >= 0.3 is 7.12 Å². The van der Waals surface area contributed by atoms with Crippen LogP contribution in [0.1, 0.15) is 101 Å². The van der Waals surface area contributed by atoms with Crippen LogP contribution in [0.4, 0.5) is 5.69 Å². The van der Waals surface area contributed by atoms with E-state index in [2.05, 4.69) is 398 Å². The molecule has 25 heteroatoms. The monoisotopic (exact) mass is 2280 g/mol. The zero-order valence-electron chi connectivity index (χ0n) is 68.8. The number of aromatic nitrogens is 12. The van der Waals surface area contributed by atoms with E-state index >= 15 is 0 Å². The van der Waals surface area contributed by atoms with Crippen LogP contribution in [0.3, 0.4) is 0 Å². The van der Waals surface area contributed by atoms with Crippen LogP contribution in [-0.4, -0.2) is 107 Å². The quantitative estimate of drug-likeness (QED) is 0.0125. The lowest BCUT2D eigenvalue weighted by atomic mass is 9.91. The van der Waals surface area contributed by atoms with Gasteiger partial charge in [0.15, 0.2) is 0 Å². The molecule has 17 rings (SSSR count). The molecule has 0 aliphatic rings. The maximum atomic E-state index is 8.48. The standard InChI is InChI=1S/C29H32N2OSi.C23H18N2.C13H18I2N2OSi.C8H9BO2.C7H4I2N2.C7H5IN2.C7H7N3.C2H6.5CH4/c1-33(2,3)21-20-32-23-31-29-19-17-26(15-14-24-10-6-4-7-11-24)22-27(29)28(30-31)18-16-25-12-8-5-9-13-25;1-3-7-18(8-4-1)11-12-20-14-16-23-21(17-20)22(24-25-23)15-13-19-9-5-2-6-10-19;1-19(2,3)7-6-18-9-17-12-5-4-10(14)8-11(12)13(15)16-17;10-9(11)7-6-8-4-2-1-3-5-8;8-4-1-2-6-5(3-4)7(9)11-10-6;2*8-6-1-2-7-5(3-6)4-9-10-7;1-2;;;;;/h4-19,22H,20-21,23H2,1-3H3;1-17H,(H,24,25);4-5,8H,6-7,9H2,1-3H3;1-7,10-11H;1-3H,(H,10,11);1-4H,(H,9,10);1-4H,8H2,(H,9,10);1-2H3;5*1H4/b15-14+,18-16+;12-11+,15-13+;;7-6+;;;;;;;;;. The first-order chi connectivity index (χ1) is 58.5. The number of nitrogens with one attached hydrogen (secondary N) is 4. The van der Waals surface area contributed by atoms with Crippen LogP contribution in [0.15, 0.2) is 279 Å². The fourth-order valence-electron chi connectivity index (χ4n) is 11.7. The summed E-state index contributed by atoms with van der Waals surface area (Å²) in [5.41, 5.74) is 22.6. The van der Waals surface area contributed by atoms with Crippen molar-refractivity contribution in [1.82, 2.24) is 60.4 Å². The summed E-state index contributed by atoms with van der Waals surface area (Å²) in [5.74, 6) is 1.31. The highest BCUT2D eigenvalue weighted by molar-refractivity contribution is 14.1. The van der Waals surface area contributed by atoms with Crippen molar-refractivity contribution in [1.29, 1.82) is 0 Å². The number of hydrogen-bond donors (Lipinski definition) is 7. The Labute approximate surface area is 815 Å². The van der Waals surface area contributed by atoms with Crippen LogP contribution >= 0.6 is 113 Å². The zero-order chi connectivity index (χ0) is 85.9. The topological polar surface area (TPSA) is 235 Å². The number of ether oxygens (including phenoxy) is 2. The van der Waals surface area contributed by atoms with Gasteiger partial charge in [-0.05, 0) is 273 Å². The van der Waals surface area contributed by atoms with E-state index < -0.39 is 23.3 Å². The number of halogens is 5. The minimum Gasteiger partial charge on any atom is -0.424 e. The van der Waals surface area contributed by atoms with Gasteiger partial charge in [-0.3, -0.25) is 20.4 Å². The molecule has 0 atom stereocenters. The molecule has 6 heterocycles. The average molecular weight is 2280 g/mol. The Morgan fingerprint density at radius 2 is 0.778 bits per heavy atom. The molecule has 11 aromatic carbocycles. The largest absolute Gasteiger partial charge is 0.480 e. The van der Waals surface area contributed by atoms with Gasteiger partial charge in [0.2, 0.25) is 0 Å². The highest BCUT2D eigenvalue weighted by Gasteiger charge is 2.16. The first kappa shape index (κ1) is 107. The minimum atomic E-state index is -1.37. The number of benzene rings is 11. The second-order valence-corrected chi connectivity index (χ2v) is 47.0. The van der Waals surface area contributed by atoms with Gasteiger partial charge in [-0.1, -0.05) is 303 Å². The van der Waals surface area contributed by atoms with Gasteiger partial charge in [-0.2, -0.15) is 30.6 Å². The number of H-pyrrole nitrogens is 4. The van der Waals surface area contributed by atoms with Gasteiger partial charge in [0.25, 0.3) is 0 Å². The molecule has 0 unspecified atom stereocenters. The molecule has 17 nitrogen and oxygen atoms in total. The summed E-state index contributed by atoms with van der Waals surface area (Å²) in [7, 11) is -3.49. The molecule has 0 spiro atoms. The first-order valence-electron chi connectivity index (χ1n) is 39.6. The van der Waals surface area contributed by atoms with Crippen molar-refractivity contribution in [2.45, 2.75) is 116 Å². The van der Waals surface area contributed by atoms with Crippen LogP contribution in [-0.2, 0) is 22.9 Å². The number of nitrogens with zero attached hydrogens (tertiary/aromatic N) is 8. The molecule has 0 aliphatic carbocycles. The highest BCUT2D eigenvalue weighted by Crippen LogP contribution is 2.28. The molecule has 6 aromatic heterocycles. The number of nitrogens with two attached hydrogens (primary N) is 1. The Kier molecular flexibility index (Phi) is 47.2. The molecule has 0 fully saturated rings.